The standard InChI is InChI=1S/C15H20N2OS/c1-15(6-3-7-19-15)11-17-10-12-4-5-13(9-16)14(8-12)18-2/h4-5,8,17H,3,6-7,10-11H2,1-2H3. The number of thioether (sulfide) groups is 1. The molecule has 1 atom stereocenters. The van der Waals surface area contributed by atoms with E-state index in [0.29, 0.717) is 16.1 Å². The van der Waals surface area contributed by atoms with Gasteiger partial charge in [0.1, 0.15) is 11.8 Å². The minimum Gasteiger partial charge on any atom is -0.495 e. The fraction of sp³-hybridized carbons (Fsp3) is 0.533. The molecule has 3 nitrogen and oxygen atoms in total. The number of hydrogen-bond acceptors (Lipinski definition) is 4. The average molecular weight is 276 g/mol. The van der Waals surface area contributed by atoms with E-state index < -0.39 is 0 Å². The van der Waals surface area contributed by atoms with E-state index in [-0.39, 0.29) is 0 Å². The minimum atomic E-state index is 0.386. The van der Waals surface area contributed by atoms with E-state index in [4.69, 9.17) is 10.00 Å². The lowest BCUT2D eigenvalue weighted by Crippen LogP contribution is -2.32. The lowest BCUT2D eigenvalue weighted by molar-refractivity contribution is 0.412. The lowest BCUT2D eigenvalue weighted by atomic mass is 10.1. The fourth-order valence-electron chi connectivity index (χ4n) is 2.39. The summed E-state index contributed by atoms with van der Waals surface area (Å²) in [5.41, 5.74) is 1.74. The molecule has 0 aliphatic carbocycles. The number of nitrogens with zero attached hydrogens (tertiary/aromatic N) is 1. The first-order chi connectivity index (χ1) is 9.17. The van der Waals surface area contributed by atoms with E-state index in [1.165, 1.54) is 18.6 Å². The maximum atomic E-state index is 8.95. The Kier molecular flexibility index (Phi) is 4.73. The van der Waals surface area contributed by atoms with E-state index in [1.54, 1.807) is 7.11 Å². The normalized spacial score (nSPS) is 22.2. The first kappa shape index (κ1) is 14.2. The highest BCUT2D eigenvalue weighted by molar-refractivity contribution is 8.00. The molecule has 1 heterocycles. The Morgan fingerprint density at radius 2 is 2.37 bits per heavy atom. The maximum absolute atomic E-state index is 8.95. The maximum Gasteiger partial charge on any atom is 0.136 e. The van der Waals surface area contributed by atoms with Gasteiger partial charge in [0.2, 0.25) is 0 Å². The van der Waals surface area contributed by atoms with Gasteiger partial charge in [-0.05, 0) is 43.2 Å². The molecular formula is C15H20N2OS. The fourth-order valence-corrected chi connectivity index (χ4v) is 3.66. The van der Waals surface area contributed by atoms with Crippen molar-refractivity contribution in [3.63, 3.8) is 0 Å². The second-order valence-corrected chi connectivity index (χ2v) is 6.83. The van der Waals surface area contributed by atoms with E-state index in [1.807, 2.05) is 18.2 Å². The van der Waals surface area contributed by atoms with Gasteiger partial charge in [0.25, 0.3) is 0 Å². The Balaban J connectivity index is 1.91. The van der Waals surface area contributed by atoms with Crippen molar-refractivity contribution < 1.29 is 4.74 Å². The number of hydrogen-bond donors (Lipinski definition) is 1. The third kappa shape index (κ3) is 3.65. The van der Waals surface area contributed by atoms with Gasteiger partial charge in [0.05, 0.1) is 12.7 Å². The summed E-state index contributed by atoms with van der Waals surface area (Å²) < 4.78 is 5.61. The predicted molar refractivity (Wildman–Crippen MR) is 79.5 cm³/mol. The summed E-state index contributed by atoms with van der Waals surface area (Å²) in [6, 6.07) is 7.88. The van der Waals surface area contributed by atoms with Gasteiger partial charge in [0.15, 0.2) is 0 Å². The van der Waals surface area contributed by atoms with Crippen LogP contribution >= 0.6 is 11.8 Å². The third-order valence-corrected chi connectivity index (χ3v) is 5.05. The Morgan fingerprint density at radius 1 is 1.53 bits per heavy atom. The molecule has 1 aromatic carbocycles. The molecule has 102 valence electrons. The molecule has 1 fully saturated rings. The predicted octanol–water partition coefficient (Wildman–Crippen LogP) is 2.94. The van der Waals surface area contributed by atoms with Crippen molar-refractivity contribution in [3.05, 3.63) is 29.3 Å². The second kappa shape index (κ2) is 6.31. The van der Waals surface area contributed by atoms with Crippen LogP contribution in [-0.4, -0.2) is 24.2 Å². The highest BCUT2D eigenvalue weighted by Gasteiger charge is 2.28. The van der Waals surface area contributed by atoms with Gasteiger partial charge < -0.3 is 10.1 Å². The van der Waals surface area contributed by atoms with Gasteiger partial charge in [-0.25, -0.2) is 0 Å². The Bertz CT molecular complexity index is 476. The van der Waals surface area contributed by atoms with Gasteiger partial charge in [-0.1, -0.05) is 6.07 Å². The van der Waals surface area contributed by atoms with Gasteiger partial charge in [-0.15, -0.1) is 0 Å². The quantitative estimate of drug-likeness (QED) is 0.898. The van der Waals surface area contributed by atoms with Crippen molar-refractivity contribution in [3.8, 4) is 11.8 Å². The number of nitriles is 1. The molecule has 0 radical (unpaired) electrons. The van der Waals surface area contributed by atoms with Gasteiger partial charge >= 0.3 is 0 Å². The van der Waals surface area contributed by atoms with Crippen LogP contribution in [0.4, 0.5) is 0 Å². The smallest absolute Gasteiger partial charge is 0.136 e. The van der Waals surface area contributed by atoms with Gasteiger partial charge in [-0.3, -0.25) is 0 Å². The topological polar surface area (TPSA) is 45.0 Å². The van der Waals surface area contributed by atoms with Crippen LogP contribution in [0.25, 0.3) is 0 Å². The van der Waals surface area contributed by atoms with Crippen molar-refractivity contribution in [2.45, 2.75) is 31.1 Å². The summed E-state index contributed by atoms with van der Waals surface area (Å²) in [7, 11) is 1.60. The highest BCUT2D eigenvalue weighted by Crippen LogP contribution is 2.37. The van der Waals surface area contributed by atoms with E-state index in [2.05, 4.69) is 30.1 Å². The zero-order chi connectivity index (χ0) is 13.7. The first-order valence-electron chi connectivity index (χ1n) is 6.58. The molecule has 1 aliphatic rings. The van der Waals surface area contributed by atoms with Crippen LogP contribution in [0, 0.1) is 11.3 Å². The number of benzene rings is 1. The average Bonchev–Trinajstić information content (AvgIpc) is 2.85. The van der Waals surface area contributed by atoms with Crippen LogP contribution in [-0.2, 0) is 6.54 Å². The SMILES string of the molecule is COc1cc(CNCC2(C)CCCS2)ccc1C#N. The molecule has 1 unspecified atom stereocenters. The van der Waals surface area contributed by atoms with E-state index in [0.717, 1.165) is 18.7 Å². The largest absolute Gasteiger partial charge is 0.495 e. The van der Waals surface area contributed by atoms with Crippen LogP contribution < -0.4 is 10.1 Å². The van der Waals surface area contributed by atoms with Crippen LogP contribution in [0.15, 0.2) is 18.2 Å². The first-order valence-corrected chi connectivity index (χ1v) is 7.57. The molecular weight excluding hydrogens is 256 g/mol. The summed E-state index contributed by atoms with van der Waals surface area (Å²) in [6.07, 6.45) is 2.62. The monoisotopic (exact) mass is 276 g/mol. The van der Waals surface area contributed by atoms with Crippen LogP contribution in [0.2, 0.25) is 0 Å². The minimum absolute atomic E-state index is 0.386. The number of nitrogens with one attached hydrogen (secondary N) is 1. The van der Waals surface area contributed by atoms with Gasteiger partial charge in [0, 0.05) is 17.8 Å². The zero-order valence-electron chi connectivity index (χ0n) is 11.5. The van der Waals surface area contributed by atoms with E-state index >= 15 is 0 Å². The number of methoxy groups -OCH3 is 1. The summed E-state index contributed by atoms with van der Waals surface area (Å²) in [4.78, 5) is 0. The van der Waals surface area contributed by atoms with Crippen LogP contribution in [0.5, 0.6) is 5.75 Å². The van der Waals surface area contributed by atoms with Crippen molar-refractivity contribution in [1.82, 2.24) is 5.32 Å². The molecule has 0 amide bonds. The zero-order valence-corrected chi connectivity index (χ0v) is 12.3. The lowest BCUT2D eigenvalue weighted by Gasteiger charge is -2.23. The molecule has 4 heteroatoms. The van der Waals surface area contributed by atoms with Crippen molar-refractivity contribution in [2.75, 3.05) is 19.4 Å². The van der Waals surface area contributed by atoms with Crippen molar-refractivity contribution in [2.24, 2.45) is 0 Å². The summed E-state index contributed by atoms with van der Waals surface area (Å²) in [6.45, 7) is 4.18. The Morgan fingerprint density at radius 3 is 3.00 bits per heavy atom. The summed E-state index contributed by atoms with van der Waals surface area (Å²) >= 11 is 2.06. The number of rotatable bonds is 5. The molecule has 1 aromatic rings. The molecule has 1 N–H and O–H groups in total. The van der Waals surface area contributed by atoms with Crippen LogP contribution in [0.3, 0.4) is 0 Å². The van der Waals surface area contributed by atoms with Crippen LogP contribution in [0.1, 0.15) is 30.9 Å². The molecule has 1 aliphatic heterocycles. The Labute approximate surface area is 119 Å². The molecule has 0 spiro atoms. The Hall–Kier alpha value is -1.18. The highest BCUT2D eigenvalue weighted by atomic mass is 32.2. The summed E-state index contributed by atoms with van der Waals surface area (Å²) in [5.74, 6) is 1.94. The third-order valence-electron chi connectivity index (χ3n) is 3.51. The van der Waals surface area contributed by atoms with Crippen molar-refractivity contribution >= 4 is 11.8 Å². The number of ether oxygens (including phenoxy) is 1. The molecule has 0 saturated carbocycles. The summed E-state index contributed by atoms with van der Waals surface area (Å²) in [5, 5.41) is 12.5. The molecule has 1 saturated heterocycles. The van der Waals surface area contributed by atoms with E-state index in [9.17, 15) is 0 Å². The molecule has 0 bridgehead atoms. The van der Waals surface area contributed by atoms with Crippen molar-refractivity contribution in [1.29, 1.82) is 5.26 Å². The molecule has 0 aromatic heterocycles. The van der Waals surface area contributed by atoms with Gasteiger partial charge in [-0.2, -0.15) is 17.0 Å². The second-order valence-electron chi connectivity index (χ2n) is 5.15. The molecule has 19 heavy (non-hydrogen) atoms. The molecule has 2 rings (SSSR count).